The van der Waals surface area contributed by atoms with Gasteiger partial charge in [0.1, 0.15) is 48.0 Å². The molecule has 4 N–H and O–H groups in total. The van der Waals surface area contributed by atoms with Crippen LogP contribution < -0.4 is 0 Å². The molecule has 4 heterocycles. The lowest BCUT2D eigenvalue weighted by Gasteiger charge is -2.48. The Labute approximate surface area is 326 Å². The molecule has 0 aromatic rings. The SMILES string of the molecule is CC[C@@H](O)[C@@](C)(O)[C@@H]1OC(=O)[C@H](C)[C@@H](O[C@H]2C[C@@](C)(OC)[C@@H](O)[C@H](C)O2)[C@H](C)[C@@H](O[C@@H]2O[C@H](C)C[C@H](N(C)CCOC(C)=O)[C@H]2O)[C@@]2(C)CC(C)=C(O2)[C@@H]1C. The highest BCUT2D eigenvalue weighted by molar-refractivity contribution is 5.73. The van der Waals surface area contributed by atoms with Gasteiger partial charge in [-0.25, -0.2) is 0 Å². The first-order valence-corrected chi connectivity index (χ1v) is 19.9. The van der Waals surface area contributed by atoms with Gasteiger partial charge in [-0.2, -0.15) is 0 Å². The van der Waals surface area contributed by atoms with Gasteiger partial charge in [0.2, 0.25) is 0 Å². The molecular weight excluding hydrogens is 718 g/mol. The number of hydrogen-bond acceptors (Lipinski definition) is 15. The number of aliphatic hydroxyl groups excluding tert-OH is 3. The number of ether oxygens (including phenoxy) is 8. The maximum absolute atomic E-state index is 14.4. The van der Waals surface area contributed by atoms with Crippen molar-refractivity contribution in [1.82, 2.24) is 4.90 Å². The van der Waals surface area contributed by atoms with Gasteiger partial charge < -0.3 is 58.3 Å². The Morgan fingerprint density at radius 3 is 2.35 bits per heavy atom. The second-order valence-electron chi connectivity index (χ2n) is 17.2. The summed E-state index contributed by atoms with van der Waals surface area (Å²) in [5, 5.41) is 45.6. The molecule has 17 atom stereocenters. The summed E-state index contributed by atoms with van der Waals surface area (Å²) in [4.78, 5) is 27.7. The van der Waals surface area contributed by atoms with E-state index < -0.39 is 102 Å². The number of rotatable bonds is 12. The highest BCUT2D eigenvalue weighted by Crippen LogP contribution is 2.48. The summed E-state index contributed by atoms with van der Waals surface area (Å²) in [6.45, 7) is 19.7. The summed E-state index contributed by atoms with van der Waals surface area (Å²) in [6, 6.07) is -0.403. The van der Waals surface area contributed by atoms with Crippen LogP contribution in [-0.4, -0.2) is 149 Å². The fourth-order valence-electron chi connectivity index (χ4n) is 9.15. The minimum atomic E-state index is -1.85. The number of cyclic esters (lactones) is 1. The van der Waals surface area contributed by atoms with Crippen molar-refractivity contribution in [1.29, 1.82) is 0 Å². The first kappa shape index (κ1) is 45.8. The molecule has 0 spiro atoms. The molecule has 3 saturated heterocycles. The average Bonchev–Trinajstić information content (AvgIpc) is 3.43. The molecule has 55 heavy (non-hydrogen) atoms. The van der Waals surface area contributed by atoms with Crippen LogP contribution in [0.1, 0.15) is 102 Å². The van der Waals surface area contributed by atoms with Gasteiger partial charge in [0.05, 0.1) is 41.9 Å². The molecule has 318 valence electrons. The summed E-state index contributed by atoms with van der Waals surface area (Å²) < 4.78 is 50.2. The second kappa shape index (κ2) is 17.9. The highest BCUT2D eigenvalue weighted by Gasteiger charge is 2.57. The van der Waals surface area contributed by atoms with Gasteiger partial charge in [0.15, 0.2) is 12.6 Å². The van der Waals surface area contributed by atoms with Gasteiger partial charge in [-0.15, -0.1) is 0 Å². The van der Waals surface area contributed by atoms with Crippen LogP contribution in [0.5, 0.6) is 0 Å². The van der Waals surface area contributed by atoms with Crippen molar-refractivity contribution in [3.05, 3.63) is 11.3 Å². The monoisotopic (exact) mass is 787 g/mol. The van der Waals surface area contributed by atoms with Crippen molar-refractivity contribution < 1.29 is 67.9 Å². The number of likely N-dealkylation sites (N-methyl/N-ethyl adjacent to an activating group) is 1. The van der Waals surface area contributed by atoms with Crippen molar-refractivity contribution in [2.45, 2.75) is 186 Å². The van der Waals surface area contributed by atoms with Crippen LogP contribution in [0.2, 0.25) is 0 Å². The average molecular weight is 788 g/mol. The smallest absolute Gasteiger partial charge is 0.311 e. The van der Waals surface area contributed by atoms with Crippen molar-refractivity contribution >= 4 is 11.9 Å². The van der Waals surface area contributed by atoms with Crippen molar-refractivity contribution in [3.63, 3.8) is 0 Å². The summed E-state index contributed by atoms with van der Waals surface area (Å²) in [6.07, 6.45) is -8.12. The van der Waals surface area contributed by atoms with Crippen molar-refractivity contribution in [3.8, 4) is 0 Å². The van der Waals surface area contributed by atoms with E-state index in [1.54, 1.807) is 34.6 Å². The molecule has 2 bridgehead atoms. The fraction of sp³-hybridized carbons (Fsp3) is 0.900. The third-order valence-corrected chi connectivity index (χ3v) is 12.6. The zero-order chi connectivity index (χ0) is 41.4. The Morgan fingerprint density at radius 1 is 1.09 bits per heavy atom. The van der Waals surface area contributed by atoms with Gasteiger partial charge >= 0.3 is 11.9 Å². The molecule has 4 aliphatic heterocycles. The number of nitrogens with zero attached hydrogens (tertiary/aromatic N) is 1. The Hall–Kier alpha value is -1.92. The van der Waals surface area contributed by atoms with E-state index in [-0.39, 0.29) is 31.5 Å². The quantitative estimate of drug-likeness (QED) is 0.211. The fourth-order valence-corrected chi connectivity index (χ4v) is 9.15. The molecule has 0 unspecified atom stereocenters. The molecular formula is C40H69NO14. The van der Waals surface area contributed by atoms with E-state index in [9.17, 15) is 30.0 Å². The molecule has 0 saturated carbocycles. The lowest BCUT2D eigenvalue weighted by molar-refractivity contribution is -0.316. The summed E-state index contributed by atoms with van der Waals surface area (Å²) >= 11 is 0. The normalized spacial score (nSPS) is 43.2. The van der Waals surface area contributed by atoms with Crippen LogP contribution in [-0.2, 0) is 47.5 Å². The summed E-state index contributed by atoms with van der Waals surface area (Å²) in [5.41, 5.74) is -3.12. The highest BCUT2D eigenvalue weighted by atomic mass is 16.7. The first-order chi connectivity index (χ1) is 25.5. The Bertz CT molecular complexity index is 1360. The van der Waals surface area contributed by atoms with E-state index in [1.165, 1.54) is 21.0 Å². The predicted octanol–water partition coefficient (Wildman–Crippen LogP) is 2.83. The maximum atomic E-state index is 14.4. The van der Waals surface area contributed by atoms with Gasteiger partial charge in [0, 0.05) is 45.4 Å². The molecule has 15 nitrogen and oxygen atoms in total. The molecule has 0 aliphatic carbocycles. The van der Waals surface area contributed by atoms with Crippen LogP contribution in [0, 0.1) is 17.8 Å². The van der Waals surface area contributed by atoms with E-state index in [1.807, 2.05) is 39.6 Å². The van der Waals surface area contributed by atoms with Crippen LogP contribution in [0.3, 0.4) is 0 Å². The second-order valence-corrected chi connectivity index (χ2v) is 17.2. The van der Waals surface area contributed by atoms with E-state index in [2.05, 4.69) is 0 Å². The number of carbonyl (C=O) groups is 2. The molecule has 0 amide bonds. The standard InChI is InChI=1S/C40H69NO14/c1-14-28(43)40(11,47)35-22(4)31-20(2)18-39(10,55-31)34(54-37-30(44)27(17-21(3)50-37)41(12)15-16-49-26(8)42)23(5)32(24(6)36(46)53-35)52-29-19-38(9,48-13)33(45)25(7)51-29/h21-25,27-30,32-35,37,43-45,47H,14-19H2,1-13H3/t21-,22+,23+,24-,25+,27+,28-,29+,30-,32+,33+,34-,35-,37+,38-,39-,40-/m1/s1. The molecule has 3 fully saturated rings. The number of hydrogen-bond donors (Lipinski definition) is 4. The van der Waals surface area contributed by atoms with E-state index >= 15 is 0 Å². The summed E-state index contributed by atoms with van der Waals surface area (Å²) in [7, 11) is 3.36. The topological polar surface area (TPSA) is 192 Å². The molecule has 4 aliphatic rings. The van der Waals surface area contributed by atoms with Gasteiger partial charge in [-0.1, -0.05) is 20.8 Å². The first-order valence-electron chi connectivity index (χ1n) is 19.9. The number of carbonyl (C=O) groups excluding carboxylic acids is 2. The largest absolute Gasteiger partial charge is 0.488 e. The predicted molar refractivity (Wildman–Crippen MR) is 199 cm³/mol. The van der Waals surface area contributed by atoms with Crippen LogP contribution >= 0.6 is 0 Å². The minimum absolute atomic E-state index is 0.143. The Balaban J connectivity index is 1.79. The third-order valence-electron chi connectivity index (χ3n) is 12.6. The third kappa shape index (κ3) is 9.69. The lowest BCUT2D eigenvalue weighted by atomic mass is 9.78. The van der Waals surface area contributed by atoms with E-state index in [0.717, 1.165) is 5.57 Å². The van der Waals surface area contributed by atoms with Gasteiger partial charge in [0.25, 0.3) is 0 Å². The van der Waals surface area contributed by atoms with E-state index in [4.69, 9.17) is 37.9 Å². The molecule has 15 heteroatoms. The van der Waals surface area contributed by atoms with Crippen LogP contribution in [0.4, 0.5) is 0 Å². The van der Waals surface area contributed by atoms with Gasteiger partial charge in [-0.05, 0) is 73.9 Å². The van der Waals surface area contributed by atoms with Crippen LogP contribution in [0.25, 0.3) is 0 Å². The molecule has 0 aromatic heterocycles. The Morgan fingerprint density at radius 2 is 1.75 bits per heavy atom. The number of methoxy groups -OCH3 is 1. The molecule has 0 radical (unpaired) electrons. The number of fused-ring (bicyclic) bond motifs is 2. The maximum Gasteiger partial charge on any atom is 0.311 e. The zero-order valence-corrected chi connectivity index (χ0v) is 35.1. The van der Waals surface area contributed by atoms with E-state index in [0.29, 0.717) is 25.1 Å². The molecule has 0 aromatic carbocycles. The lowest BCUT2D eigenvalue weighted by Crippen LogP contribution is -2.60. The summed E-state index contributed by atoms with van der Waals surface area (Å²) in [5.74, 6) is -2.86. The zero-order valence-electron chi connectivity index (χ0n) is 35.1. The number of esters is 2. The minimum Gasteiger partial charge on any atom is -0.488 e. The van der Waals surface area contributed by atoms with Crippen molar-refractivity contribution in [2.24, 2.45) is 17.8 Å². The van der Waals surface area contributed by atoms with Crippen LogP contribution in [0.15, 0.2) is 11.3 Å². The number of aliphatic hydroxyl groups is 4. The van der Waals surface area contributed by atoms with Gasteiger partial charge in [-0.3, -0.25) is 14.5 Å². The Kier molecular flexibility index (Phi) is 14.9. The van der Waals surface area contributed by atoms with Crippen molar-refractivity contribution in [2.75, 3.05) is 27.3 Å². The molecule has 4 rings (SSSR count).